The molecule has 0 aliphatic carbocycles. The van der Waals surface area contributed by atoms with Crippen LogP contribution in [0.2, 0.25) is 5.15 Å². The minimum absolute atomic E-state index is 0.197. The summed E-state index contributed by atoms with van der Waals surface area (Å²) in [6, 6.07) is 7.61. The van der Waals surface area contributed by atoms with E-state index in [1.807, 2.05) is 24.3 Å². The number of fused-ring (bicyclic) bond motifs is 1. The number of benzene rings is 1. The molecular formula is C19H22ClN3O2. The van der Waals surface area contributed by atoms with Crippen LogP contribution in [0.4, 0.5) is 0 Å². The lowest BCUT2D eigenvalue weighted by Crippen LogP contribution is -2.12. The number of nitrogens with one attached hydrogen (secondary N) is 1. The summed E-state index contributed by atoms with van der Waals surface area (Å²) in [6.45, 7) is 4.75. The Bertz CT molecular complexity index is 959. The van der Waals surface area contributed by atoms with E-state index in [0.29, 0.717) is 34.4 Å². The van der Waals surface area contributed by atoms with Crippen molar-refractivity contribution >= 4 is 22.6 Å². The summed E-state index contributed by atoms with van der Waals surface area (Å²) in [7, 11) is 1.79. The van der Waals surface area contributed by atoms with E-state index >= 15 is 0 Å². The largest absolute Gasteiger partial charge is 0.493 e. The van der Waals surface area contributed by atoms with Gasteiger partial charge >= 0.3 is 0 Å². The zero-order chi connectivity index (χ0) is 18.0. The Balaban J connectivity index is 2.23. The third kappa shape index (κ3) is 3.16. The molecule has 0 amide bonds. The summed E-state index contributed by atoms with van der Waals surface area (Å²) < 4.78 is 7.51. The molecule has 3 rings (SSSR count). The first kappa shape index (κ1) is 17.5. The lowest BCUT2D eigenvalue weighted by molar-refractivity contribution is 0.318. The lowest BCUT2D eigenvalue weighted by Gasteiger charge is -2.10. The Hall–Kier alpha value is -2.27. The maximum Gasteiger partial charge on any atom is 0.275 e. The molecule has 0 aliphatic heterocycles. The zero-order valence-electron chi connectivity index (χ0n) is 14.7. The number of hydrogen-bond donors (Lipinski definition) is 1. The molecule has 0 saturated heterocycles. The molecule has 0 radical (unpaired) electrons. The number of nitrogens with zero attached hydrogens (tertiary/aromatic N) is 2. The van der Waals surface area contributed by atoms with Gasteiger partial charge in [-0.25, -0.2) is 4.98 Å². The summed E-state index contributed by atoms with van der Waals surface area (Å²) in [4.78, 5) is 20.3. The van der Waals surface area contributed by atoms with Gasteiger partial charge in [-0.15, -0.1) is 0 Å². The first-order valence-electron chi connectivity index (χ1n) is 8.57. The monoisotopic (exact) mass is 359 g/mol. The highest BCUT2D eigenvalue weighted by molar-refractivity contribution is 6.31. The molecule has 132 valence electrons. The summed E-state index contributed by atoms with van der Waals surface area (Å²) >= 11 is 6.43. The van der Waals surface area contributed by atoms with Crippen LogP contribution < -0.4 is 10.3 Å². The molecule has 1 N–H and O–H groups in total. The van der Waals surface area contributed by atoms with Crippen molar-refractivity contribution in [3.05, 3.63) is 45.3 Å². The normalized spacial score (nSPS) is 11.2. The average Bonchev–Trinajstić information content (AvgIpc) is 2.85. The first-order valence-corrected chi connectivity index (χ1v) is 8.95. The molecule has 0 saturated carbocycles. The SMILES string of the molecule is CCCOc1ccccc1-c1nc2c(CCC)c(Cl)n(C)c2c(=O)[nH]1. The van der Waals surface area contributed by atoms with Gasteiger partial charge in [-0.1, -0.05) is 44.0 Å². The maximum atomic E-state index is 12.7. The Kier molecular flexibility index (Phi) is 5.13. The van der Waals surface area contributed by atoms with Crippen molar-refractivity contribution in [1.29, 1.82) is 0 Å². The van der Waals surface area contributed by atoms with Crippen molar-refractivity contribution in [1.82, 2.24) is 14.5 Å². The number of rotatable bonds is 6. The van der Waals surface area contributed by atoms with Crippen LogP contribution in [-0.2, 0) is 13.5 Å². The van der Waals surface area contributed by atoms with Gasteiger partial charge in [0.2, 0.25) is 0 Å². The van der Waals surface area contributed by atoms with E-state index in [-0.39, 0.29) is 5.56 Å². The number of ether oxygens (including phenoxy) is 1. The average molecular weight is 360 g/mol. The van der Waals surface area contributed by atoms with Gasteiger partial charge in [0.1, 0.15) is 27.8 Å². The minimum Gasteiger partial charge on any atom is -0.493 e. The quantitative estimate of drug-likeness (QED) is 0.712. The lowest BCUT2D eigenvalue weighted by atomic mass is 10.1. The third-order valence-corrected chi connectivity index (χ3v) is 4.65. The van der Waals surface area contributed by atoms with Gasteiger partial charge in [0, 0.05) is 12.6 Å². The predicted octanol–water partition coefficient (Wildman–Crippen LogP) is 4.32. The standard InChI is InChI=1S/C19H22ClN3O2/c1-4-8-13-15-16(23(3)17(13)20)19(24)22-18(21-15)12-9-6-7-10-14(12)25-11-5-2/h6-7,9-10H,4-5,8,11H2,1-3H3,(H,21,22,24). The molecule has 0 spiro atoms. The highest BCUT2D eigenvalue weighted by Crippen LogP contribution is 2.31. The zero-order valence-corrected chi connectivity index (χ0v) is 15.5. The van der Waals surface area contributed by atoms with E-state index in [1.165, 1.54) is 0 Å². The van der Waals surface area contributed by atoms with Crippen molar-refractivity contribution in [2.24, 2.45) is 7.05 Å². The fourth-order valence-electron chi connectivity index (χ4n) is 2.99. The van der Waals surface area contributed by atoms with Crippen molar-refractivity contribution in [2.45, 2.75) is 33.1 Å². The van der Waals surface area contributed by atoms with Gasteiger partial charge in [-0.3, -0.25) is 4.79 Å². The van der Waals surface area contributed by atoms with Gasteiger partial charge in [0.15, 0.2) is 0 Å². The van der Waals surface area contributed by atoms with Gasteiger partial charge in [-0.05, 0) is 25.0 Å². The number of H-pyrrole nitrogens is 1. The first-order chi connectivity index (χ1) is 12.1. The summed E-state index contributed by atoms with van der Waals surface area (Å²) in [5, 5.41) is 0.572. The predicted molar refractivity (Wildman–Crippen MR) is 102 cm³/mol. The topological polar surface area (TPSA) is 59.9 Å². The van der Waals surface area contributed by atoms with Gasteiger partial charge in [0.05, 0.1) is 12.2 Å². The second-order valence-electron chi connectivity index (χ2n) is 6.03. The van der Waals surface area contributed by atoms with Crippen LogP contribution in [0.1, 0.15) is 32.3 Å². The van der Waals surface area contributed by atoms with Crippen LogP contribution in [0.3, 0.4) is 0 Å². The number of aromatic nitrogens is 3. The van der Waals surface area contributed by atoms with Crippen LogP contribution in [0.15, 0.2) is 29.1 Å². The van der Waals surface area contributed by atoms with Gasteiger partial charge < -0.3 is 14.3 Å². The maximum absolute atomic E-state index is 12.7. The fourth-order valence-corrected chi connectivity index (χ4v) is 3.25. The highest BCUT2D eigenvalue weighted by Gasteiger charge is 2.19. The van der Waals surface area contributed by atoms with Crippen molar-refractivity contribution in [3.63, 3.8) is 0 Å². The molecule has 0 fully saturated rings. The number of para-hydroxylation sites is 1. The molecule has 2 aromatic heterocycles. The van der Waals surface area contributed by atoms with Crippen LogP contribution >= 0.6 is 11.6 Å². The van der Waals surface area contributed by atoms with Gasteiger partial charge in [-0.2, -0.15) is 0 Å². The van der Waals surface area contributed by atoms with Crippen LogP contribution in [-0.4, -0.2) is 21.1 Å². The van der Waals surface area contributed by atoms with E-state index in [9.17, 15) is 4.79 Å². The smallest absolute Gasteiger partial charge is 0.275 e. The van der Waals surface area contributed by atoms with Gasteiger partial charge in [0.25, 0.3) is 5.56 Å². The number of aromatic amines is 1. The summed E-state index contributed by atoms with van der Waals surface area (Å²) in [5.41, 5.74) is 2.66. The number of hydrogen-bond acceptors (Lipinski definition) is 3. The highest BCUT2D eigenvalue weighted by atomic mass is 35.5. The van der Waals surface area contributed by atoms with Crippen molar-refractivity contribution in [3.8, 4) is 17.1 Å². The molecule has 0 bridgehead atoms. The summed E-state index contributed by atoms with van der Waals surface area (Å²) in [5.74, 6) is 1.22. The third-order valence-electron chi connectivity index (χ3n) is 4.16. The molecule has 6 heteroatoms. The fraction of sp³-hybridized carbons (Fsp3) is 0.368. The van der Waals surface area contributed by atoms with E-state index in [2.05, 4.69) is 18.8 Å². The van der Waals surface area contributed by atoms with E-state index < -0.39 is 0 Å². The Morgan fingerprint density at radius 2 is 2.00 bits per heavy atom. The second kappa shape index (κ2) is 7.31. The molecule has 0 aliphatic rings. The molecular weight excluding hydrogens is 338 g/mol. The molecule has 5 nitrogen and oxygen atoms in total. The Labute approximate surface area is 151 Å². The van der Waals surface area contributed by atoms with Crippen molar-refractivity contribution < 1.29 is 4.74 Å². The van der Waals surface area contributed by atoms with E-state index in [1.54, 1.807) is 11.6 Å². The van der Waals surface area contributed by atoms with Crippen LogP contribution in [0, 0.1) is 0 Å². The van der Waals surface area contributed by atoms with Crippen LogP contribution in [0.5, 0.6) is 5.75 Å². The number of aryl methyl sites for hydroxylation is 2. The summed E-state index contributed by atoms with van der Waals surface area (Å²) in [6.07, 6.45) is 2.62. The molecule has 0 unspecified atom stereocenters. The molecule has 0 atom stereocenters. The molecule has 1 aromatic carbocycles. The van der Waals surface area contributed by atoms with Crippen molar-refractivity contribution in [2.75, 3.05) is 6.61 Å². The van der Waals surface area contributed by atoms with E-state index in [0.717, 1.165) is 30.4 Å². The Morgan fingerprint density at radius 1 is 1.24 bits per heavy atom. The number of halogens is 1. The van der Waals surface area contributed by atoms with E-state index in [4.69, 9.17) is 21.3 Å². The molecule has 25 heavy (non-hydrogen) atoms. The van der Waals surface area contributed by atoms with Crippen LogP contribution in [0.25, 0.3) is 22.4 Å². The minimum atomic E-state index is -0.197. The molecule has 2 heterocycles. The molecule has 3 aromatic rings. The second-order valence-corrected chi connectivity index (χ2v) is 6.39. The Morgan fingerprint density at radius 3 is 2.72 bits per heavy atom.